The summed E-state index contributed by atoms with van der Waals surface area (Å²) >= 11 is 3.47. The molecule has 0 aliphatic carbocycles. The van der Waals surface area contributed by atoms with Gasteiger partial charge in [0.25, 0.3) is 5.91 Å². The number of rotatable bonds is 7. The van der Waals surface area contributed by atoms with E-state index in [1.54, 1.807) is 6.92 Å². The lowest BCUT2D eigenvalue weighted by Gasteiger charge is -2.16. The molecule has 2 atom stereocenters. The third-order valence-corrected chi connectivity index (χ3v) is 3.40. The number of carbonyl (C=O) groups excluding carboxylic acids is 1. The largest absolute Gasteiger partial charge is 0.480 e. The second-order valence-corrected chi connectivity index (χ2v) is 5.85. The number of hydrogen-bond donors (Lipinski definition) is 2. The van der Waals surface area contributed by atoms with Crippen LogP contribution in [-0.2, 0) is 11.2 Å². The minimum atomic E-state index is -0.517. The fraction of sp³-hybridized carbons (Fsp3) is 0.533. The second kappa shape index (κ2) is 8.27. The van der Waals surface area contributed by atoms with Crippen LogP contribution in [0.1, 0.15) is 32.8 Å². The van der Waals surface area contributed by atoms with Gasteiger partial charge in [0.05, 0.1) is 4.47 Å². The van der Waals surface area contributed by atoms with Gasteiger partial charge in [0, 0.05) is 12.6 Å². The third-order valence-electron chi connectivity index (χ3n) is 2.78. The van der Waals surface area contributed by atoms with Gasteiger partial charge in [0.1, 0.15) is 5.75 Å². The van der Waals surface area contributed by atoms with E-state index in [1.807, 2.05) is 32.0 Å². The molecular weight excluding hydrogens is 320 g/mol. The van der Waals surface area contributed by atoms with Crippen molar-refractivity contribution in [3.8, 4) is 5.75 Å². The van der Waals surface area contributed by atoms with Gasteiger partial charge in [-0.2, -0.15) is 0 Å². The van der Waals surface area contributed by atoms with E-state index in [0.29, 0.717) is 12.3 Å². The maximum absolute atomic E-state index is 11.8. The molecule has 20 heavy (non-hydrogen) atoms. The van der Waals surface area contributed by atoms with Gasteiger partial charge in [-0.3, -0.25) is 4.79 Å². The van der Waals surface area contributed by atoms with Crippen molar-refractivity contribution < 1.29 is 9.53 Å². The molecule has 1 aromatic rings. The van der Waals surface area contributed by atoms with Crippen molar-refractivity contribution in [2.24, 2.45) is 5.73 Å². The highest BCUT2D eigenvalue weighted by Gasteiger charge is 2.15. The van der Waals surface area contributed by atoms with Gasteiger partial charge in [0.15, 0.2) is 6.10 Å². The van der Waals surface area contributed by atoms with E-state index in [2.05, 4.69) is 21.2 Å². The first kappa shape index (κ1) is 17.0. The zero-order chi connectivity index (χ0) is 15.1. The quantitative estimate of drug-likeness (QED) is 0.800. The lowest BCUT2D eigenvalue weighted by molar-refractivity contribution is -0.127. The molecule has 0 spiro atoms. The minimum absolute atomic E-state index is 0.0987. The minimum Gasteiger partial charge on any atom is -0.480 e. The summed E-state index contributed by atoms with van der Waals surface area (Å²) in [7, 11) is 0. The molecule has 0 bridgehead atoms. The van der Waals surface area contributed by atoms with Gasteiger partial charge in [-0.05, 0) is 60.3 Å². The lowest BCUT2D eigenvalue weighted by atomic mass is 10.1. The zero-order valence-electron chi connectivity index (χ0n) is 12.3. The molecule has 0 saturated heterocycles. The number of amides is 1. The van der Waals surface area contributed by atoms with Crippen LogP contribution in [0.3, 0.4) is 0 Å². The zero-order valence-corrected chi connectivity index (χ0v) is 13.9. The summed E-state index contributed by atoms with van der Waals surface area (Å²) in [5.74, 6) is 0.566. The number of hydrogen-bond acceptors (Lipinski definition) is 3. The predicted molar refractivity (Wildman–Crippen MR) is 84.9 cm³/mol. The maximum Gasteiger partial charge on any atom is 0.260 e. The Hall–Kier alpha value is -1.07. The molecule has 0 heterocycles. The molecule has 2 unspecified atom stereocenters. The van der Waals surface area contributed by atoms with Crippen molar-refractivity contribution in [1.82, 2.24) is 5.32 Å². The second-order valence-electron chi connectivity index (χ2n) is 5.00. The highest BCUT2D eigenvalue weighted by Crippen LogP contribution is 2.27. The number of ether oxygens (including phenoxy) is 1. The standard InChI is InChI=1S/C15H23BrN2O2/c1-4-7-18-15(19)11(3)20-14-6-5-12(8-10(2)17)9-13(14)16/h5-6,9-11H,4,7-8,17H2,1-3H3,(H,18,19). The van der Waals surface area contributed by atoms with E-state index in [9.17, 15) is 4.79 Å². The highest BCUT2D eigenvalue weighted by molar-refractivity contribution is 9.10. The predicted octanol–water partition coefficient (Wildman–Crippen LogP) is 2.63. The van der Waals surface area contributed by atoms with Crippen LogP contribution >= 0.6 is 15.9 Å². The van der Waals surface area contributed by atoms with Crippen LogP contribution in [0.15, 0.2) is 22.7 Å². The molecule has 1 rings (SSSR count). The van der Waals surface area contributed by atoms with E-state index in [1.165, 1.54) is 0 Å². The summed E-state index contributed by atoms with van der Waals surface area (Å²) < 4.78 is 6.51. The van der Waals surface area contributed by atoms with Crippen LogP contribution < -0.4 is 15.8 Å². The average molecular weight is 343 g/mol. The van der Waals surface area contributed by atoms with Gasteiger partial charge >= 0.3 is 0 Å². The van der Waals surface area contributed by atoms with Crippen molar-refractivity contribution in [2.45, 2.75) is 45.8 Å². The maximum atomic E-state index is 11.8. The number of nitrogens with one attached hydrogen (secondary N) is 1. The molecule has 1 amide bonds. The summed E-state index contributed by atoms with van der Waals surface area (Å²) in [5.41, 5.74) is 6.92. The Balaban J connectivity index is 2.66. The van der Waals surface area contributed by atoms with Crippen molar-refractivity contribution >= 4 is 21.8 Å². The molecule has 5 heteroatoms. The molecule has 112 valence electrons. The van der Waals surface area contributed by atoms with Crippen molar-refractivity contribution in [3.05, 3.63) is 28.2 Å². The van der Waals surface area contributed by atoms with Crippen LogP contribution in [0.25, 0.3) is 0 Å². The van der Waals surface area contributed by atoms with Crippen LogP contribution in [-0.4, -0.2) is 24.6 Å². The smallest absolute Gasteiger partial charge is 0.260 e. The van der Waals surface area contributed by atoms with E-state index in [0.717, 1.165) is 22.9 Å². The third kappa shape index (κ3) is 5.51. The molecule has 4 nitrogen and oxygen atoms in total. The first-order valence-corrected chi connectivity index (χ1v) is 7.71. The van der Waals surface area contributed by atoms with E-state index in [4.69, 9.17) is 10.5 Å². The van der Waals surface area contributed by atoms with Crippen molar-refractivity contribution in [2.75, 3.05) is 6.54 Å². The Morgan fingerprint density at radius 2 is 2.15 bits per heavy atom. The Kier molecular flexibility index (Phi) is 7.02. The monoisotopic (exact) mass is 342 g/mol. The molecule has 0 aliphatic heterocycles. The number of halogens is 1. The van der Waals surface area contributed by atoms with Gasteiger partial charge in [-0.25, -0.2) is 0 Å². The first-order valence-electron chi connectivity index (χ1n) is 6.92. The number of nitrogens with two attached hydrogens (primary N) is 1. The van der Waals surface area contributed by atoms with Crippen molar-refractivity contribution in [3.63, 3.8) is 0 Å². The summed E-state index contributed by atoms with van der Waals surface area (Å²) in [6.45, 7) is 6.40. The highest BCUT2D eigenvalue weighted by atomic mass is 79.9. The van der Waals surface area contributed by atoms with Gasteiger partial charge < -0.3 is 15.8 Å². The number of carbonyl (C=O) groups is 1. The molecule has 0 fully saturated rings. The first-order chi connectivity index (χ1) is 9.43. The molecule has 0 aliphatic rings. The Morgan fingerprint density at radius 3 is 2.70 bits per heavy atom. The topological polar surface area (TPSA) is 64.3 Å². The van der Waals surface area contributed by atoms with Crippen LogP contribution in [0.2, 0.25) is 0 Å². The van der Waals surface area contributed by atoms with Crippen LogP contribution in [0.5, 0.6) is 5.75 Å². The summed E-state index contributed by atoms with van der Waals surface area (Å²) in [5, 5.41) is 2.81. The van der Waals surface area contributed by atoms with Crippen LogP contribution in [0, 0.1) is 0 Å². The van der Waals surface area contributed by atoms with Gasteiger partial charge in [-0.15, -0.1) is 0 Å². The normalized spacial score (nSPS) is 13.7. The van der Waals surface area contributed by atoms with Crippen LogP contribution in [0.4, 0.5) is 0 Å². The molecule has 0 aromatic heterocycles. The van der Waals surface area contributed by atoms with Gasteiger partial charge in [-0.1, -0.05) is 13.0 Å². The number of benzene rings is 1. The Bertz CT molecular complexity index is 449. The molecular formula is C15H23BrN2O2. The summed E-state index contributed by atoms with van der Waals surface area (Å²) in [6, 6.07) is 5.94. The Morgan fingerprint density at radius 1 is 1.45 bits per heavy atom. The van der Waals surface area contributed by atoms with E-state index >= 15 is 0 Å². The summed E-state index contributed by atoms with van der Waals surface area (Å²) in [4.78, 5) is 11.8. The SMILES string of the molecule is CCCNC(=O)C(C)Oc1ccc(CC(C)N)cc1Br. The Labute approximate surface area is 129 Å². The fourth-order valence-electron chi connectivity index (χ4n) is 1.77. The van der Waals surface area contributed by atoms with E-state index < -0.39 is 6.10 Å². The van der Waals surface area contributed by atoms with E-state index in [-0.39, 0.29) is 11.9 Å². The summed E-state index contributed by atoms with van der Waals surface area (Å²) in [6.07, 6.45) is 1.21. The molecule has 0 saturated carbocycles. The molecule has 3 N–H and O–H groups in total. The average Bonchev–Trinajstić information content (AvgIpc) is 2.38. The van der Waals surface area contributed by atoms with Crippen molar-refractivity contribution in [1.29, 1.82) is 0 Å². The lowest BCUT2D eigenvalue weighted by Crippen LogP contribution is -2.36. The van der Waals surface area contributed by atoms with Gasteiger partial charge in [0.2, 0.25) is 0 Å². The molecule has 0 radical (unpaired) electrons. The molecule has 1 aromatic carbocycles. The fourth-order valence-corrected chi connectivity index (χ4v) is 2.29.